The number of aromatic nitrogens is 1. The molecule has 0 aromatic carbocycles. The lowest BCUT2D eigenvalue weighted by molar-refractivity contribution is 0.0885. The Morgan fingerprint density at radius 3 is 2.95 bits per heavy atom. The molecule has 0 aliphatic heterocycles. The Balaban J connectivity index is 2.43. The molecule has 1 aromatic rings. The van der Waals surface area contributed by atoms with Crippen LogP contribution in [0.25, 0.3) is 0 Å². The third-order valence-electron chi connectivity index (χ3n) is 2.34. The van der Waals surface area contributed by atoms with Gasteiger partial charge in [0.2, 0.25) is 0 Å². The van der Waals surface area contributed by atoms with E-state index in [0.29, 0.717) is 23.8 Å². The summed E-state index contributed by atoms with van der Waals surface area (Å²) in [6, 6.07) is 1.69. The predicted octanol–water partition coefficient (Wildman–Crippen LogP) is 1.33. The number of halogens is 1. The van der Waals surface area contributed by atoms with Crippen molar-refractivity contribution in [2.75, 3.05) is 27.3 Å². The van der Waals surface area contributed by atoms with E-state index in [1.54, 1.807) is 26.4 Å². The van der Waals surface area contributed by atoms with Crippen molar-refractivity contribution in [3.8, 4) is 0 Å². The van der Waals surface area contributed by atoms with Crippen LogP contribution in [0.5, 0.6) is 0 Å². The van der Waals surface area contributed by atoms with Gasteiger partial charge in [0.15, 0.2) is 5.11 Å². The van der Waals surface area contributed by atoms with E-state index in [1.165, 1.54) is 11.2 Å². The standard InChI is InChI=1S/C12H17BrN4O2S/c1-17(12(20)15-4-3-5-19-2)16-11(18)9-6-10(13)8-14-7-9/h6-8H,3-5H2,1-2H3,(H,15,20)(H,16,18). The second kappa shape index (κ2) is 8.83. The van der Waals surface area contributed by atoms with Crippen molar-refractivity contribution in [2.24, 2.45) is 0 Å². The first kappa shape index (κ1) is 16.8. The van der Waals surface area contributed by atoms with Crippen LogP contribution in [-0.4, -0.2) is 48.3 Å². The number of methoxy groups -OCH3 is 1. The lowest BCUT2D eigenvalue weighted by atomic mass is 10.3. The lowest BCUT2D eigenvalue weighted by Crippen LogP contribution is -2.48. The summed E-state index contributed by atoms with van der Waals surface area (Å²) >= 11 is 8.42. The van der Waals surface area contributed by atoms with E-state index in [0.717, 1.165) is 10.9 Å². The van der Waals surface area contributed by atoms with E-state index in [2.05, 4.69) is 31.7 Å². The molecule has 0 saturated heterocycles. The van der Waals surface area contributed by atoms with Gasteiger partial charge in [0.05, 0.1) is 5.56 Å². The normalized spacial score (nSPS) is 9.95. The topological polar surface area (TPSA) is 66.5 Å². The molecule has 1 rings (SSSR count). The van der Waals surface area contributed by atoms with Crippen LogP contribution in [0.15, 0.2) is 22.9 Å². The van der Waals surface area contributed by atoms with Crippen LogP contribution in [-0.2, 0) is 4.74 Å². The van der Waals surface area contributed by atoms with Crippen LogP contribution in [0, 0.1) is 0 Å². The van der Waals surface area contributed by atoms with Gasteiger partial charge in [-0.25, -0.2) is 0 Å². The molecule has 0 aliphatic carbocycles. The summed E-state index contributed by atoms with van der Waals surface area (Å²) in [7, 11) is 3.33. The number of ether oxygens (including phenoxy) is 1. The number of carbonyl (C=O) groups excluding carboxylic acids is 1. The summed E-state index contributed by atoms with van der Waals surface area (Å²) in [6.45, 7) is 1.35. The van der Waals surface area contributed by atoms with E-state index in [9.17, 15) is 4.79 Å². The van der Waals surface area contributed by atoms with E-state index in [-0.39, 0.29) is 5.91 Å². The quantitative estimate of drug-likeness (QED) is 0.469. The zero-order valence-corrected chi connectivity index (χ0v) is 13.8. The number of pyridine rings is 1. The second-order valence-electron chi connectivity index (χ2n) is 3.97. The van der Waals surface area contributed by atoms with Gasteiger partial charge in [-0.1, -0.05) is 0 Å². The van der Waals surface area contributed by atoms with Gasteiger partial charge >= 0.3 is 0 Å². The van der Waals surface area contributed by atoms with Crippen LogP contribution in [0.4, 0.5) is 0 Å². The Morgan fingerprint density at radius 1 is 1.55 bits per heavy atom. The fraction of sp³-hybridized carbons (Fsp3) is 0.417. The first-order valence-corrected chi connectivity index (χ1v) is 7.16. The molecule has 0 aliphatic rings. The van der Waals surface area contributed by atoms with Crippen molar-refractivity contribution in [2.45, 2.75) is 6.42 Å². The van der Waals surface area contributed by atoms with E-state index in [1.807, 2.05) is 0 Å². The van der Waals surface area contributed by atoms with Gasteiger partial charge in [-0.15, -0.1) is 0 Å². The van der Waals surface area contributed by atoms with Gasteiger partial charge in [0, 0.05) is 44.2 Å². The van der Waals surface area contributed by atoms with Gasteiger partial charge in [-0.3, -0.25) is 20.2 Å². The number of rotatable bonds is 5. The number of nitrogens with zero attached hydrogens (tertiary/aromatic N) is 2. The van der Waals surface area contributed by atoms with Crippen molar-refractivity contribution in [1.82, 2.24) is 20.7 Å². The summed E-state index contributed by atoms with van der Waals surface area (Å²) in [6.07, 6.45) is 3.94. The fourth-order valence-corrected chi connectivity index (χ4v) is 1.85. The minimum Gasteiger partial charge on any atom is -0.385 e. The molecule has 0 spiro atoms. The van der Waals surface area contributed by atoms with Crippen molar-refractivity contribution in [3.05, 3.63) is 28.5 Å². The molecule has 0 bridgehead atoms. The van der Waals surface area contributed by atoms with Gasteiger partial charge in [-0.05, 0) is 40.6 Å². The highest BCUT2D eigenvalue weighted by molar-refractivity contribution is 9.10. The molecular formula is C12H17BrN4O2S. The van der Waals surface area contributed by atoms with E-state index >= 15 is 0 Å². The maximum atomic E-state index is 12.0. The van der Waals surface area contributed by atoms with Crippen molar-refractivity contribution < 1.29 is 9.53 Å². The molecule has 1 amide bonds. The largest absolute Gasteiger partial charge is 0.385 e. The molecule has 0 fully saturated rings. The maximum absolute atomic E-state index is 12.0. The van der Waals surface area contributed by atoms with Crippen LogP contribution >= 0.6 is 28.1 Å². The Kier molecular flexibility index (Phi) is 7.42. The highest BCUT2D eigenvalue weighted by atomic mass is 79.9. The summed E-state index contributed by atoms with van der Waals surface area (Å²) in [5, 5.41) is 4.93. The summed E-state index contributed by atoms with van der Waals surface area (Å²) in [5.74, 6) is -0.276. The molecule has 6 nitrogen and oxygen atoms in total. The van der Waals surface area contributed by atoms with E-state index < -0.39 is 0 Å². The first-order chi connectivity index (χ1) is 9.54. The smallest absolute Gasteiger partial charge is 0.271 e. The second-order valence-corrected chi connectivity index (χ2v) is 5.27. The number of hydrazine groups is 1. The van der Waals surface area contributed by atoms with Crippen LogP contribution in [0.3, 0.4) is 0 Å². The zero-order chi connectivity index (χ0) is 15.0. The highest BCUT2D eigenvalue weighted by Gasteiger charge is 2.10. The Morgan fingerprint density at radius 2 is 2.30 bits per heavy atom. The number of hydrogen-bond acceptors (Lipinski definition) is 4. The molecule has 0 atom stereocenters. The Bertz CT molecular complexity index is 473. The average molecular weight is 361 g/mol. The number of amides is 1. The van der Waals surface area contributed by atoms with Gasteiger partial charge < -0.3 is 10.1 Å². The monoisotopic (exact) mass is 360 g/mol. The third kappa shape index (κ3) is 5.81. The summed E-state index contributed by atoms with van der Waals surface area (Å²) < 4.78 is 5.68. The number of carbonyl (C=O) groups is 1. The molecule has 0 unspecified atom stereocenters. The number of thiocarbonyl (C=S) groups is 1. The molecule has 110 valence electrons. The van der Waals surface area contributed by atoms with E-state index in [4.69, 9.17) is 17.0 Å². The molecule has 1 aromatic heterocycles. The predicted molar refractivity (Wildman–Crippen MR) is 84.3 cm³/mol. The SMILES string of the molecule is COCCCNC(=S)N(C)NC(=O)c1cncc(Br)c1. The fourth-order valence-electron chi connectivity index (χ4n) is 1.33. The molecule has 0 radical (unpaired) electrons. The number of hydrogen-bond donors (Lipinski definition) is 2. The van der Waals surface area contributed by atoms with Crippen molar-refractivity contribution in [3.63, 3.8) is 0 Å². The van der Waals surface area contributed by atoms with Crippen molar-refractivity contribution in [1.29, 1.82) is 0 Å². The Labute approximate surface area is 132 Å². The average Bonchev–Trinajstić information content (AvgIpc) is 2.43. The lowest BCUT2D eigenvalue weighted by Gasteiger charge is -2.21. The summed E-state index contributed by atoms with van der Waals surface area (Å²) in [5.41, 5.74) is 3.11. The highest BCUT2D eigenvalue weighted by Crippen LogP contribution is 2.09. The minimum atomic E-state index is -0.276. The molecule has 0 saturated carbocycles. The maximum Gasteiger partial charge on any atom is 0.271 e. The van der Waals surface area contributed by atoms with Crippen LogP contribution < -0.4 is 10.7 Å². The minimum absolute atomic E-state index is 0.276. The van der Waals surface area contributed by atoms with Crippen molar-refractivity contribution >= 4 is 39.2 Å². The van der Waals surface area contributed by atoms with Crippen LogP contribution in [0.1, 0.15) is 16.8 Å². The van der Waals surface area contributed by atoms with Gasteiger partial charge in [-0.2, -0.15) is 0 Å². The third-order valence-corrected chi connectivity index (χ3v) is 3.19. The molecule has 1 heterocycles. The van der Waals surface area contributed by atoms with Gasteiger partial charge in [0.1, 0.15) is 0 Å². The summed E-state index contributed by atoms with van der Waals surface area (Å²) in [4.78, 5) is 15.9. The molecule has 2 N–H and O–H groups in total. The molecular weight excluding hydrogens is 344 g/mol. The molecule has 8 heteroatoms. The van der Waals surface area contributed by atoms with Gasteiger partial charge in [0.25, 0.3) is 5.91 Å². The Hall–Kier alpha value is -1.25. The molecule has 20 heavy (non-hydrogen) atoms. The first-order valence-electron chi connectivity index (χ1n) is 5.96. The zero-order valence-electron chi connectivity index (χ0n) is 11.4. The van der Waals surface area contributed by atoms with Crippen LogP contribution in [0.2, 0.25) is 0 Å². The number of nitrogens with one attached hydrogen (secondary N) is 2.